The van der Waals surface area contributed by atoms with Crippen LogP contribution < -0.4 is 5.32 Å². The van der Waals surface area contributed by atoms with Crippen molar-refractivity contribution in [3.05, 3.63) is 65.7 Å². The van der Waals surface area contributed by atoms with E-state index < -0.39 is 5.95 Å². The molecule has 1 N–H and O–H groups in total. The van der Waals surface area contributed by atoms with Crippen molar-refractivity contribution >= 4 is 5.91 Å². The highest BCUT2D eigenvalue weighted by molar-refractivity contribution is 5.94. The summed E-state index contributed by atoms with van der Waals surface area (Å²) in [7, 11) is 0. The zero-order valence-electron chi connectivity index (χ0n) is 12.4. The van der Waals surface area contributed by atoms with E-state index >= 15 is 0 Å². The molecule has 1 aromatic heterocycles. The Balaban J connectivity index is 2.24. The van der Waals surface area contributed by atoms with Crippen LogP contribution in [0, 0.1) is 11.4 Å². The third-order valence-corrected chi connectivity index (χ3v) is 3.26. The second-order valence-corrected chi connectivity index (χ2v) is 6.05. The lowest BCUT2D eigenvalue weighted by atomic mass is 9.82. The first-order chi connectivity index (χ1) is 9.88. The molecule has 0 saturated heterocycles. The van der Waals surface area contributed by atoms with Crippen LogP contribution in [-0.4, -0.2) is 10.9 Å². The zero-order chi connectivity index (χ0) is 15.5. The molecule has 1 aromatic carbocycles. The molecule has 0 bridgehead atoms. The highest BCUT2D eigenvalue weighted by Crippen LogP contribution is 2.32. The van der Waals surface area contributed by atoms with Gasteiger partial charge in [0.2, 0.25) is 5.95 Å². The minimum atomic E-state index is -0.595. The zero-order valence-corrected chi connectivity index (χ0v) is 12.4. The maximum Gasteiger partial charge on any atom is 0.253 e. The molecule has 2 rings (SSSR count). The Morgan fingerprint density at radius 2 is 1.81 bits per heavy atom. The molecule has 0 aliphatic heterocycles. The fourth-order valence-corrected chi connectivity index (χ4v) is 2.17. The Morgan fingerprint density at radius 1 is 1.14 bits per heavy atom. The van der Waals surface area contributed by atoms with E-state index in [1.54, 1.807) is 0 Å². The number of pyridine rings is 1. The number of hydrogen-bond donors (Lipinski definition) is 1. The number of rotatable bonds is 3. The van der Waals surface area contributed by atoms with Crippen molar-refractivity contribution in [2.75, 3.05) is 0 Å². The van der Waals surface area contributed by atoms with Crippen molar-refractivity contribution in [3.63, 3.8) is 0 Å². The third kappa shape index (κ3) is 3.88. The van der Waals surface area contributed by atoms with Gasteiger partial charge in [-0.25, -0.2) is 4.98 Å². The molecule has 4 heteroatoms. The van der Waals surface area contributed by atoms with Gasteiger partial charge in [0.05, 0.1) is 11.6 Å². The minimum Gasteiger partial charge on any atom is -0.345 e. The molecule has 1 unspecified atom stereocenters. The number of amides is 1. The molecule has 0 saturated carbocycles. The van der Waals surface area contributed by atoms with E-state index in [1.165, 1.54) is 18.3 Å². The Morgan fingerprint density at radius 3 is 2.33 bits per heavy atom. The van der Waals surface area contributed by atoms with E-state index in [-0.39, 0.29) is 17.4 Å². The van der Waals surface area contributed by atoms with Crippen LogP contribution in [-0.2, 0) is 0 Å². The maximum absolute atomic E-state index is 12.8. The minimum absolute atomic E-state index is 0.142. The first-order valence-electron chi connectivity index (χ1n) is 6.85. The largest absolute Gasteiger partial charge is 0.345 e. The number of carbonyl (C=O) groups is 1. The second-order valence-electron chi connectivity index (χ2n) is 6.05. The molecule has 1 amide bonds. The molecule has 1 atom stereocenters. The maximum atomic E-state index is 12.8. The first kappa shape index (κ1) is 15.2. The number of benzene rings is 1. The molecular weight excluding hydrogens is 267 g/mol. The summed E-state index contributed by atoms with van der Waals surface area (Å²) < 4.78 is 12.8. The van der Waals surface area contributed by atoms with Crippen molar-refractivity contribution in [1.29, 1.82) is 0 Å². The number of nitrogens with one attached hydrogen (secondary N) is 1. The second kappa shape index (κ2) is 6.04. The van der Waals surface area contributed by atoms with Crippen LogP contribution in [0.3, 0.4) is 0 Å². The van der Waals surface area contributed by atoms with E-state index in [0.717, 1.165) is 5.56 Å². The van der Waals surface area contributed by atoms with Crippen LogP contribution in [0.1, 0.15) is 42.7 Å². The van der Waals surface area contributed by atoms with Gasteiger partial charge >= 0.3 is 0 Å². The standard InChI is InChI=1S/C17H19FN2O/c1-17(2,3)15(12-7-5-4-6-8-12)20-16(21)13-9-10-14(18)19-11-13/h4-11,15H,1-3H3,(H,20,21). The van der Waals surface area contributed by atoms with Crippen molar-refractivity contribution in [1.82, 2.24) is 10.3 Å². The highest BCUT2D eigenvalue weighted by atomic mass is 19.1. The van der Waals surface area contributed by atoms with E-state index in [0.29, 0.717) is 5.56 Å². The molecule has 0 spiro atoms. The van der Waals surface area contributed by atoms with Crippen LogP contribution in [0.4, 0.5) is 4.39 Å². The molecule has 21 heavy (non-hydrogen) atoms. The molecule has 0 aliphatic rings. The van der Waals surface area contributed by atoms with Crippen LogP contribution in [0.15, 0.2) is 48.7 Å². The Kier molecular flexibility index (Phi) is 4.36. The van der Waals surface area contributed by atoms with Crippen LogP contribution >= 0.6 is 0 Å². The summed E-state index contributed by atoms with van der Waals surface area (Å²) in [4.78, 5) is 15.8. The van der Waals surface area contributed by atoms with E-state index in [9.17, 15) is 9.18 Å². The number of halogens is 1. The molecule has 2 aromatic rings. The van der Waals surface area contributed by atoms with Crippen LogP contribution in [0.25, 0.3) is 0 Å². The number of nitrogens with zero attached hydrogens (tertiary/aromatic N) is 1. The Hall–Kier alpha value is -2.23. The van der Waals surface area contributed by atoms with Gasteiger partial charge in [-0.2, -0.15) is 4.39 Å². The lowest BCUT2D eigenvalue weighted by Crippen LogP contribution is -2.36. The summed E-state index contributed by atoms with van der Waals surface area (Å²) >= 11 is 0. The van der Waals surface area contributed by atoms with E-state index in [2.05, 4.69) is 31.1 Å². The predicted octanol–water partition coefficient (Wildman–Crippen LogP) is 3.74. The third-order valence-electron chi connectivity index (χ3n) is 3.26. The summed E-state index contributed by atoms with van der Waals surface area (Å²) in [6.45, 7) is 6.19. The number of aromatic nitrogens is 1. The molecule has 1 heterocycles. The van der Waals surface area contributed by atoms with Gasteiger partial charge in [-0.1, -0.05) is 51.1 Å². The molecule has 0 aliphatic carbocycles. The number of hydrogen-bond acceptors (Lipinski definition) is 2. The summed E-state index contributed by atoms with van der Waals surface area (Å²) in [5.41, 5.74) is 1.24. The van der Waals surface area contributed by atoms with Gasteiger partial charge in [-0.15, -0.1) is 0 Å². The quantitative estimate of drug-likeness (QED) is 0.873. The average molecular weight is 286 g/mol. The summed E-state index contributed by atoms with van der Waals surface area (Å²) in [5, 5.41) is 3.01. The van der Waals surface area contributed by atoms with Gasteiger partial charge in [0.15, 0.2) is 0 Å². The Bertz CT molecular complexity index is 603. The molecule has 0 radical (unpaired) electrons. The summed E-state index contributed by atoms with van der Waals surface area (Å²) in [5.74, 6) is -0.853. The summed E-state index contributed by atoms with van der Waals surface area (Å²) in [6, 6.07) is 12.3. The first-order valence-corrected chi connectivity index (χ1v) is 6.85. The van der Waals surface area contributed by atoms with Gasteiger partial charge in [-0.3, -0.25) is 4.79 Å². The van der Waals surface area contributed by atoms with Crippen molar-refractivity contribution < 1.29 is 9.18 Å². The summed E-state index contributed by atoms with van der Waals surface area (Å²) in [6.07, 6.45) is 1.25. The van der Waals surface area contributed by atoms with E-state index in [1.807, 2.05) is 30.3 Å². The van der Waals surface area contributed by atoms with Crippen molar-refractivity contribution in [3.8, 4) is 0 Å². The topological polar surface area (TPSA) is 42.0 Å². The van der Waals surface area contributed by atoms with Gasteiger partial charge in [0.25, 0.3) is 5.91 Å². The average Bonchev–Trinajstić information content (AvgIpc) is 2.45. The van der Waals surface area contributed by atoms with Gasteiger partial charge < -0.3 is 5.32 Å². The molecular formula is C17H19FN2O. The fourth-order valence-electron chi connectivity index (χ4n) is 2.17. The van der Waals surface area contributed by atoms with Gasteiger partial charge in [-0.05, 0) is 23.1 Å². The molecule has 3 nitrogen and oxygen atoms in total. The molecule has 0 fully saturated rings. The van der Waals surface area contributed by atoms with Crippen LogP contribution in [0.5, 0.6) is 0 Å². The lowest BCUT2D eigenvalue weighted by molar-refractivity contribution is 0.0901. The molecule has 110 valence electrons. The number of carbonyl (C=O) groups excluding carboxylic acids is 1. The normalized spacial score (nSPS) is 12.8. The monoisotopic (exact) mass is 286 g/mol. The van der Waals surface area contributed by atoms with Crippen LogP contribution in [0.2, 0.25) is 0 Å². The fraction of sp³-hybridized carbons (Fsp3) is 0.294. The van der Waals surface area contributed by atoms with Crippen molar-refractivity contribution in [2.45, 2.75) is 26.8 Å². The van der Waals surface area contributed by atoms with Gasteiger partial charge in [0, 0.05) is 6.20 Å². The highest BCUT2D eigenvalue weighted by Gasteiger charge is 2.28. The van der Waals surface area contributed by atoms with E-state index in [4.69, 9.17) is 0 Å². The SMILES string of the molecule is CC(C)(C)C(NC(=O)c1ccc(F)nc1)c1ccccc1. The Labute approximate surface area is 124 Å². The lowest BCUT2D eigenvalue weighted by Gasteiger charge is -2.32. The predicted molar refractivity (Wildman–Crippen MR) is 80.3 cm³/mol. The van der Waals surface area contributed by atoms with Crippen molar-refractivity contribution in [2.24, 2.45) is 5.41 Å². The smallest absolute Gasteiger partial charge is 0.253 e. The van der Waals surface area contributed by atoms with Gasteiger partial charge in [0.1, 0.15) is 0 Å².